The fourth-order valence-electron chi connectivity index (χ4n) is 2.02. The van der Waals surface area contributed by atoms with Crippen LogP contribution in [-0.2, 0) is 0 Å². The highest BCUT2D eigenvalue weighted by atomic mass is 79.9. The minimum absolute atomic E-state index is 0.245. The van der Waals surface area contributed by atoms with Crippen LogP contribution in [0, 0.1) is 0 Å². The van der Waals surface area contributed by atoms with Gasteiger partial charge in [-0.3, -0.25) is 4.79 Å². The molecule has 0 bridgehead atoms. The van der Waals surface area contributed by atoms with Crippen molar-refractivity contribution in [3.8, 4) is 11.3 Å². The number of carbonyl (C=O) groups excluding carboxylic acids is 1. The molecule has 0 radical (unpaired) electrons. The lowest BCUT2D eigenvalue weighted by atomic mass is 10.2. The molecule has 1 aromatic heterocycles. The molecular weight excluding hydrogens is 366 g/mol. The summed E-state index contributed by atoms with van der Waals surface area (Å²) < 4.78 is 6.50. The van der Waals surface area contributed by atoms with Crippen LogP contribution in [0.3, 0.4) is 0 Å². The van der Waals surface area contributed by atoms with Crippen LogP contribution >= 0.6 is 27.5 Å². The van der Waals surface area contributed by atoms with Crippen LogP contribution in [0.15, 0.2) is 69.6 Å². The maximum Gasteiger partial charge on any atom is 0.291 e. The van der Waals surface area contributed by atoms with E-state index in [1.807, 2.05) is 36.4 Å². The monoisotopic (exact) mass is 375 g/mol. The first-order valence-corrected chi connectivity index (χ1v) is 7.71. The van der Waals surface area contributed by atoms with E-state index in [4.69, 9.17) is 16.0 Å². The zero-order valence-electron chi connectivity index (χ0n) is 11.3. The lowest BCUT2D eigenvalue weighted by molar-refractivity contribution is 0.0997. The highest BCUT2D eigenvalue weighted by Crippen LogP contribution is 2.25. The van der Waals surface area contributed by atoms with Crippen molar-refractivity contribution < 1.29 is 9.21 Å². The zero-order chi connectivity index (χ0) is 15.5. The highest BCUT2D eigenvalue weighted by Gasteiger charge is 2.12. The van der Waals surface area contributed by atoms with Crippen molar-refractivity contribution in [3.05, 3.63) is 75.9 Å². The number of hydrogen-bond acceptors (Lipinski definition) is 2. The van der Waals surface area contributed by atoms with Crippen molar-refractivity contribution >= 4 is 39.1 Å². The zero-order valence-corrected chi connectivity index (χ0v) is 13.7. The summed E-state index contributed by atoms with van der Waals surface area (Å²) in [5.74, 6) is 0.545. The van der Waals surface area contributed by atoms with Crippen LogP contribution < -0.4 is 5.32 Å². The number of benzene rings is 2. The Kier molecular flexibility index (Phi) is 4.32. The number of carbonyl (C=O) groups is 1. The van der Waals surface area contributed by atoms with E-state index in [0.717, 1.165) is 10.0 Å². The summed E-state index contributed by atoms with van der Waals surface area (Å²) in [6, 6.07) is 18.0. The van der Waals surface area contributed by atoms with Gasteiger partial charge in [0.1, 0.15) is 5.76 Å². The fraction of sp³-hybridized carbons (Fsp3) is 0. The van der Waals surface area contributed by atoms with Crippen molar-refractivity contribution in [1.82, 2.24) is 0 Å². The van der Waals surface area contributed by atoms with Crippen LogP contribution in [0.5, 0.6) is 0 Å². The predicted octanol–water partition coefficient (Wildman–Crippen LogP) is 5.61. The highest BCUT2D eigenvalue weighted by molar-refractivity contribution is 9.10. The Morgan fingerprint density at radius 2 is 1.86 bits per heavy atom. The Balaban J connectivity index is 1.80. The number of anilines is 1. The van der Waals surface area contributed by atoms with Gasteiger partial charge >= 0.3 is 0 Å². The van der Waals surface area contributed by atoms with Gasteiger partial charge in [-0.05, 0) is 42.5 Å². The molecule has 1 N–H and O–H groups in total. The lowest BCUT2D eigenvalue weighted by Crippen LogP contribution is -2.10. The Bertz CT molecular complexity index is 829. The fourth-order valence-corrected chi connectivity index (χ4v) is 2.61. The molecule has 2 aromatic carbocycles. The van der Waals surface area contributed by atoms with Crippen LogP contribution in [0.25, 0.3) is 11.3 Å². The molecule has 0 saturated heterocycles. The van der Waals surface area contributed by atoms with Crippen LogP contribution in [0.1, 0.15) is 10.6 Å². The van der Waals surface area contributed by atoms with Crippen molar-refractivity contribution in [2.45, 2.75) is 0 Å². The normalized spacial score (nSPS) is 10.5. The molecule has 0 aliphatic carbocycles. The summed E-state index contributed by atoms with van der Waals surface area (Å²) >= 11 is 9.32. The molecule has 1 amide bonds. The van der Waals surface area contributed by atoms with Crippen molar-refractivity contribution in [3.63, 3.8) is 0 Å². The number of amides is 1. The largest absolute Gasteiger partial charge is 0.451 e. The summed E-state index contributed by atoms with van der Waals surface area (Å²) in [4.78, 5) is 12.2. The molecule has 0 fully saturated rings. The molecule has 3 rings (SSSR count). The second kappa shape index (κ2) is 6.38. The summed E-state index contributed by atoms with van der Waals surface area (Å²) in [6.07, 6.45) is 0. The Morgan fingerprint density at radius 3 is 2.64 bits per heavy atom. The van der Waals surface area contributed by atoms with Gasteiger partial charge in [-0.2, -0.15) is 0 Å². The molecule has 110 valence electrons. The third-order valence-electron chi connectivity index (χ3n) is 3.02. The van der Waals surface area contributed by atoms with Gasteiger partial charge in [0.25, 0.3) is 5.91 Å². The van der Waals surface area contributed by atoms with Crippen molar-refractivity contribution in [1.29, 1.82) is 0 Å². The van der Waals surface area contributed by atoms with Crippen molar-refractivity contribution in [2.75, 3.05) is 5.32 Å². The van der Waals surface area contributed by atoms with E-state index in [0.29, 0.717) is 16.5 Å². The first-order chi connectivity index (χ1) is 10.6. The quantitative estimate of drug-likeness (QED) is 0.645. The molecule has 22 heavy (non-hydrogen) atoms. The molecule has 3 aromatic rings. The van der Waals surface area contributed by atoms with E-state index < -0.39 is 0 Å². The maximum atomic E-state index is 12.2. The topological polar surface area (TPSA) is 42.2 Å². The molecule has 0 aliphatic heterocycles. The Hall–Kier alpha value is -2.04. The number of nitrogens with one attached hydrogen (secondary N) is 1. The average molecular weight is 377 g/mol. The average Bonchev–Trinajstić information content (AvgIpc) is 2.97. The summed E-state index contributed by atoms with van der Waals surface area (Å²) in [7, 11) is 0. The maximum absolute atomic E-state index is 12.2. The molecule has 5 heteroatoms. The minimum Gasteiger partial charge on any atom is -0.451 e. The Labute approximate surface area is 141 Å². The first kappa shape index (κ1) is 14.9. The van der Waals surface area contributed by atoms with Crippen LogP contribution in [-0.4, -0.2) is 5.91 Å². The van der Waals surface area contributed by atoms with Gasteiger partial charge in [-0.1, -0.05) is 45.7 Å². The summed E-state index contributed by atoms with van der Waals surface area (Å²) in [5.41, 5.74) is 1.52. The lowest BCUT2D eigenvalue weighted by Gasteiger charge is -2.03. The molecule has 0 unspecified atom stereocenters. The molecular formula is C17H11BrClNO2. The minimum atomic E-state index is -0.300. The number of rotatable bonds is 3. The van der Waals surface area contributed by atoms with Crippen LogP contribution in [0.4, 0.5) is 5.69 Å². The van der Waals surface area contributed by atoms with Gasteiger partial charge in [0, 0.05) is 20.7 Å². The number of furan rings is 1. The van der Waals surface area contributed by atoms with E-state index in [1.165, 1.54) is 0 Å². The van der Waals surface area contributed by atoms with Gasteiger partial charge in [-0.15, -0.1) is 0 Å². The van der Waals surface area contributed by atoms with E-state index in [2.05, 4.69) is 21.2 Å². The van der Waals surface area contributed by atoms with Gasteiger partial charge in [-0.25, -0.2) is 0 Å². The number of halogens is 2. The molecule has 1 heterocycles. The second-order valence-corrected chi connectivity index (χ2v) is 5.99. The third kappa shape index (κ3) is 3.40. The summed E-state index contributed by atoms with van der Waals surface area (Å²) in [5, 5.41) is 3.41. The van der Waals surface area contributed by atoms with E-state index in [1.54, 1.807) is 24.3 Å². The predicted molar refractivity (Wildman–Crippen MR) is 91.2 cm³/mol. The van der Waals surface area contributed by atoms with Crippen LogP contribution in [0.2, 0.25) is 5.02 Å². The number of hydrogen-bond donors (Lipinski definition) is 1. The van der Waals surface area contributed by atoms with E-state index in [9.17, 15) is 4.79 Å². The van der Waals surface area contributed by atoms with Gasteiger partial charge in [0.15, 0.2) is 5.76 Å². The van der Waals surface area contributed by atoms with E-state index >= 15 is 0 Å². The second-order valence-electron chi connectivity index (χ2n) is 4.64. The molecule has 0 saturated carbocycles. The first-order valence-electron chi connectivity index (χ1n) is 6.54. The molecule has 3 nitrogen and oxygen atoms in total. The molecule has 0 spiro atoms. The van der Waals surface area contributed by atoms with Gasteiger partial charge in [0.2, 0.25) is 0 Å². The standard InChI is InChI=1S/C17H11BrClNO2/c18-12-4-2-6-14(10-12)20-17(21)16-8-7-15(22-16)11-3-1-5-13(19)9-11/h1-10H,(H,20,21). The van der Waals surface area contributed by atoms with Crippen molar-refractivity contribution in [2.24, 2.45) is 0 Å². The smallest absolute Gasteiger partial charge is 0.291 e. The molecule has 0 atom stereocenters. The Morgan fingerprint density at radius 1 is 1.05 bits per heavy atom. The van der Waals surface area contributed by atoms with Gasteiger partial charge in [0.05, 0.1) is 0 Å². The molecule has 0 aliphatic rings. The van der Waals surface area contributed by atoms with Gasteiger partial charge < -0.3 is 9.73 Å². The SMILES string of the molecule is O=C(Nc1cccc(Br)c1)c1ccc(-c2cccc(Cl)c2)o1. The van der Waals surface area contributed by atoms with E-state index in [-0.39, 0.29) is 11.7 Å². The third-order valence-corrected chi connectivity index (χ3v) is 3.75. The summed E-state index contributed by atoms with van der Waals surface area (Å²) in [6.45, 7) is 0.